The van der Waals surface area contributed by atoms with E-state index in [1.807, 2.05) is 0 Å². The van der Waals surface area contributed by atoms with E-state index in [4.69, 9.17) is 0 Å². The van der Waals surface area contributed by atoms with Crippen LogP contribution in [-0.2, 0) is 0 Å². The predicted molar refractivity (Wildman–Crippen MR) is 238 cm³/mol. The molecule has 0 heterocycles. The average Bonchev–Trinajstić information content (AvgIpc) is 3.25. The third-order valence-corrected chi connectivity index (χ3v) is 11.4. The zero-order chi connectivity index (χ0) is 37.7. The van der Waals surface area contributed by atoms with Crippen LogP contribution in [-0.4, -0.2) is 0 Å². The summed E-state index contributed by atoms with van der Waals surface area (Å²) < 4.78 is 0. The molecule has 0 saturated carbocycles. The van der Waals surface area contributed by atoms with Crippen LogP contribution < -0.4 is 9.80 Å². The lowest BCUT2D eigenvalue weighted by molar-refractivity contribution is 0.665. The second kappa shape index (κ2) is 16.1. The zero-order valence-corrected chi connectivity index (χ0v) is 32.5. The van der Waals surface area contributed by atoms with E-state index in [2.05, 4.69) is 219 Å². The quantitative estimate of drug-likeness (QED) is 0.124. The van der Waals surface area contributed by atoms with Gasteiger partial charge in [-0.15, -0.1) is 0 Å². The molecule has 2 atom stereocenters. The van der Waals surface area contributed by atoms with Gasteiger partial charge in [0.25, 0.3) is 0 Å². The normalized spacial score (nSPS) is 12.4. The summed E-state index contributed by atoms with van der Waals surface area (Å²) in [4.78, 5) is 4.80. The van der Waals surface area contributed by atoms with Gasteiger partial charge < -0.3 is 9.80 Å². The zero-order valence-electron chi connectivity index (χ0n) is 32.5. The van der Waals surface area contributed by atoms with Crippen LogP contribution in [0.2, 0.25) is 0 Å². The van der Waals surface area contributed by atoms with E-state index in [0.29, 0.717) is 11.8 Å². The van der Waals surface area contributed by atoms with Crippen molar-refractivity contribution in [2.24, 2.45) is 0 Å². The maximum Gasteiger partial charge on any atom is 0.0540 e. The van der Waals surface area contributed by atoms with Gasteiger partial charge >= 0.3 is 0 Å². The van der Waals surface area contributed by atoms with Crippen LogP contribution in [0.3, 0.4) is 0 Å². The van der Waals surface area contributed by atoms with Gasteiger partial charge in [-0.05, 0) is 118 Å². The Kier molecular flexibility index (Phi) is 10.5. The van der Waals surface area contributed by atoms with E-state index in [9.17, 15) is 0 Å². The summed E-state index contributed by atoms with van der Waals surface area (Å²) in [6.45, 7) is 9.15. The molecule has 55 heavy (non-hydrogen) atoms. The molecule has 0 aromatic heterocycles. The Morgan fingerprint density at radius 1 is 0.382 bits per heavy atom. The van der Waals surface area contributed by atoms with Crippen molar-refractivity contribution >= 4 is 55.7 Å². The maximum absolute atomic E-state index is 2.40. The molecule has 0 spiro atoms. The maximum atomic E-state index is 2.40. The van der Waals surface area contributed by atoms with Crippen LogP contribution in [0.25, 0.3) is 32.7 Å². The Balaban J connectivity index is 1.15. The minimum absolute atomic E-state index is 0.532. The number of rotatable bonds is 12. The van der Waals surface area contributed by atoms with E-state index in [-0.39, 0.29) is 0 Å². The van der Waals surface area contributed by atoms with Crippen LogP contribution in [0.5, 0.6) is 0 Å². The molecule has 0 amide bonds. The molecule has 0 saturated heterocycles. The summed E-state index contributed by atoms with van der Waals surface area (Å²) in [5.41, 5.74) is 12.1. The number of hydrogen-bond donors (Lipinski definition) is 0. The van der Waals surface area contributed by atoms with E-state index in [0.717, 1.165) is 29.2 Å². The standard InChI is InChI=1S/C53H50N2/c1-5-13-39(4)41-24-32-47(33-25-41)55(53-21-12-17-45-15-8-10-19-51(45)53)49-36-28-43(29-37-49)42-26-34-48(35-27-42)54(46-30-22-40(23-31-46)38(3)6-2)52-20-11-16-44-14-7-9-18-50(44)52/h7-12,14-39H,5-6,13H2,1-4H3. The summed E-state index contributed by atoms with van der Waals surface area (Å²) in [5, 5.41) is 4.94. The molecule has 272 valence electrons. The topological polar surface area (TPSA) is 6.48 Å². The lowest BCUT2D eigenvalue weighted by Crippen LogP contribution is -2.11. The van der Waals surface area contributed by atoms with Gasteiger partial charge in [-0.25, -0.2) is 0 Å². The highest BCUT2D eigenvalue weighted by atomic mass is 15.1. The molecule has 0 radical (unpaired) electrons. The summed E-state index contributed by atoms with van der Waals surface area (Å²) in [6.07, 6.45) is 3.51. The first kappa shape index (κ1) is 35.9. The Labute approximate surface area is 327 Å². The molecular formula is C53H50N2. The van der Waals surface area contributed by atoms with Crippen molar-refractivity contribution in [3.8, 4) is 11.1 Å². The van der Waals surface area contributed by atoms with Gasteiger partial charge in [0.1, 0.15) is 0 Å². The van der Waals surface area contributed by atoms with E-state index < -0.39 is 0 Å². The second-order valence-electron chi connectivity index (χ2n) is 14.9. The van der Waals surface area contributed by atoms with Crippen molar-refractivity contribution in [1.82, 2.24) is 0 Å². The summed E-state index contributed by atoms with van der Waals surface area (Å²) in [6, 6.07) is 67.0. The minimum Gasteiger partial charge on any atom is -0.310 e. The highest BCUT2D eigenvalue weighted by Gasteiger charge is 2.18. The van der Waals surface area contributed by atoms with Crippen LogP contribution in [0.1, 0.15) is 69.9 Å². The molecule has 0 fully saturated rings. The van der Waals surface area contributed by atoms with Crippen molar-refractivity contribution in [3.05, 3.63) is 193 Å². The molecule has 0 N–H and O–H groups in total. The Hall–Kier alpha value is -6.12. The molecule has 2 unspecified atom stereocenters. The number of nitrogens with zero attached hydrogens (tertiary/aromatic N) is 2. The first-order valence-electron chi connectivity index (χ1n) is 20.0. The fraction of sp³-hybridized carbons (Fsp3) is 0.170. The van der Waals surface area contributed by atoms with Gasteiger partial charge in [-0.3, -0.25) is 0 Å². The number of fused-ring (bicyclic) bond motifs is 2. The molecule has 8 rings (SSSR count). The van der Waals surface area contributed by atoms with E-state index >= 15 is 0 Å². The van der Waals surface area contributed by atoms with Crippen molar-refractivity contribution < 1.29 is 0 Å². The lowest BCUT2D eigenvalue weighted by atomic mass is 9.96. The Morgan fingerprint density at radius 2 is 0.745 bits per heavy atom. The first-order chi connectivity index (χ1) is 27.0. The molecule has 0 bridgehead atoms. The Bertz CT molecular complexity index is 2490. The summed E-state index contributed by atoms with van der Waals surface area (Å²) in [5.74, 6) is 1.08. The van der Waals surface area contributed by atoms with Gasteiger partial charge in [-0.1, -0.05) is 155 Å². The fourth-order valence-corrected chi connectivity index (χ4v) is 8.01. The van der Waals surface area contributed by atoms with Crippen LogP contribution in [0, 0.1) is 0 Å². The third-order valence-electron chi connectivity index (χ3n) is 11.4. The first-order valence-corrected chi connectivity index (χ1v) is 20.0. The van der Waals surface area contributed by atoms with Crippen LogP contribution >= 0.6 is 0 Å². The SMILES string of the molecule is CCCC(C)c1ccc(N(c2ccc(-c3ccc(N(c4ccc(C(C)CC)cc4)c4cccc5ccccc45)cc3)cc2)c2cccc3ccccc23)cc1. The predicted octanol–water partition coefficient (Wildman–Crippen LogP) is 16.0. The smallest absolute Gasteiger partial charge is 0.0540 e. The van der Waals surface area contributed by atoms with E-state index in [1.54, 1.807) is 0 Å². The number of benzene rings is 8. The van der Waals surface area contributed by atoms with Crippen molar-refractivity contribution in [3.63, 3.8) is 0 Å². The summed E-state index contributed by atoms with van der Waals surface area (Å²) in [7, 11) is 0. The molecule has 0 aliphatic heterocycles. The number of anilines is 6. The molecular weight excluding hydrogens is 665 g/mol. The number of hydrogen-bond acceptors (Lipinski definition) is 2. The Morgan fingerprint density at radius 3 is 1.15 bits per heavy atom. The van der Waals surface area contributed by atoms with Gasteiger partial charge in [-0.2, -0.15) is 0 Å². The van der Waals surface area contributed by atoms with Crippen molar-refractivity contribution in [1.29, 1.82) is 0 Å². The van der Waals surface area contributed by atoms with Crippen LogP contribution in [0.4, 0.5) is 34.1 Å². The van der Waals surface area contributed by atoms with Gasteiger partial charge in [0.2, 0.25) is 0 Å². The van der Waals surface area contributed by atoms with Gasteiger partial charge in [0, 0.05) is 33.5 Å². The van der Waals surface area contributed by atoms with Gasteiger partial charge in [0.15, 0.2) is 0 Å². The van der Waals surface area contributed by atoms with Crippen molar-refractivity contribution in [2.75, 3.05) is 9.80 Å². The van der Waals surface area contributed by atoms with Crippen molar-refractivity contribution in [2.45, 2.75) is 58.8 Å². The highest BCUT2D eigenvalue weighted by molar-refractivity contribution is 6.00. The molecule has 8 aromatic carbocycles. The fourth-order valence-electron chi connectivity index (χ4n) is 8.01. The average molecular weight is 715 g/mol. The van der Waals surface area contributed by atoms with Gasteiger partial charge in [0.05, 0.1) is 11.4 Å². The highest BCUT2D eigenvalue weighted by Crippen LogP contribution is 2.42. The largest absolute Gasteiger partial charge is 0.310 e. The van der Waals surface area contributed by atoms with Crippen LogP contribution in [0.15, 0.2) is 182 Å². The minimum atomic E-state index is 0.532. The second-order valence-corrected chi connectivity index (χ2v) is 14.9. The summed E-state index contributed by atoms with van der Waals surface area (Å²) >= 11 is 0. The monoisotopic (exact) mass is 714 g/mol. The molecule has 2 nitrogen and oxygen atoms in total. The third kappa shape index (κ3) is 7.38. The molecule has 0 aliphatic carbocycles. The molecule has 8 aromatic rings. The molecule has 2 heteroatoms. The van der Waals surface area contributed by atoms with E-state index in [1.165, 1.54) is 68.0 Å². The lowest BCUT2D eigenvalue weighted by Gasteiger charge is -2.28. The molecule has 0 aliphatic rings.